The van der Waals surface area contributed by atoms with E-state index in [-0.39, 0.29) is 17.2 Å². The molecular formula is C14H11F3N2O3S. The maximum Gasteiger partial charge on any atom is 0.264 e. The van der Waals surface area contributed by atoms with Gasteiger partial charge in [0, 0.05) is 18.3 Å². The van der Waals surface area contributed by atoms with Gasteiger partial charge in [-0.25, -0.2) is 21.6 Å². The lowest BCUT2D eigenvalue weighted by atomic mass is 10.2. The van der Waals surface area contributed by atoms with Gasteiger partial charge in [-0.3, -0.25) is 9.52 Å². The number of sulfonamides is 1. The first-order valence-electron chi connectivity index (χ1n) is 6.24. The molecular weight excluding hydrogens is 333 g/mol. The van der Waals surface area contributed by atoms with Crippen molar-refractivity contribution in [2.75, 3.05) is 11.8 Å². The average Bonchev–Trinajstić information content (AvgIpc) is 2.52. The SMILES string of the molecule is CNC(=O)c1ccc(NS(=O)(=O)c2ccc(F)c(F)c2F)cc1. The van der Waals surface area contributed by atoms with Crippen LogP contribution < -0.4 is 10.0 Å². The molecule has 2 rings (SSSR count). The van der Waals surface area contributed by atoms with Crippen molar-refractivity contribution in [1.82, 2.24) is 5.32 Å². The maximum absolute atomic E-state index is 13.6. The molecule has 0 aromatic heterocycles. The van der Waals surface area contributed by atoms with Gasteiger partial charge in [0.05, 0.1) is 0 Å². The summed E-state index contributed by atoms with van der Waals surface area (Å²) in [6.07, 6.45) is 0. The van der Waals surface area contributed by atoms with Gasteiger partial charge in [0.1, 0.15) is 4.90 Å². The van der Waals surface area contributed by atoms with Gasteiger partial charge in [0.15, 0.2) is 17.5 Å². The fourth-order valence-electron chi connectivity index (χ4n) is 1.76. The van der Waals surface area contributed by atoms with E-state index in [0.29, 0.717) is 12.1 Å². The molecule has 5 nitrogen and oxygen atoms in total. The van der Waals surface area contributed by atoms with E-state index in [9.17, 15) is 26.4 Å². The summed E-state index contributed by atoms with van der Waals surface area (Å²) in [6.45, 7) is 0. The quantitative estimate of drug-likeness (QED) is 0.836. The predicted octanol–water partition coefficient (Wildman–Crippen LogP) is 2.26. The van der Waals surface area contributed by atoms with Gasteiger partial charge in [-0.15, -0.1) is 0 Å². The van der Waals surface area contributed by atoms with E-state index >= 15 is 0 Å². The fraction of sp³-hybridized carbons (Fsp3) is 0.0714. The van der Waals surface area contributed by atoms with Gasteiger partial charge < -0.3 is 5.32 Å². The maximum atomic E-state index is 13.6. The highest BCUT2D eigenvalue weighted by Gasteiger charge is 2.24. The minimum atomic E-state index is -4.45. The van der Waals surface area contributed by atoms with Crippen LogP contribution in [0.3, 0.4) is 0 Å². The molecule has 0 spiro atoms. The number of anilines is 1. The molecule has 23 heavy (non-hydrogen) atoms. The summed E-state index contributed by atoms with van der Waals surface area (Å²) in [5, 5.41) is 2.39. The Hall–Kier alpha value is -2.55. The molecule has 0 saturated heterocycles. The topological polar surface area (TPSA) is 75.3 Å². The zero-order valence-electron chi connectivity index (χ0n) is 11.7. The van der Waals surface area contributed by atoms with Crippen LogP contribution >= 0.6 is 0 Å². The van der Waals surface area contributed by atoms with Crippen molar-refractivity contribution in [1.29, 1.82) is 0 Å². The van der Waals surface area contributed by atoms with Crippen LogP contribution in [0.15, 0.2) is 41.3 Å². The van der Waals surface area contributed by atoms with Crippen LogP contribution in [0.4, 0.5) is 18.9 Å². The molecule has 0 fully saturated rings. The first-order chi connectivity index (χ1) is 10.8. The van der Waals surface area contributed by atoms with Gasteiger partial charge in [-0.1, -0.05) is 0 Å². The van der Waals surface area contributed by atoms with Crippen LogP contribution in [0.1, 0.15) is 10.4 Å². The van der Waals surface area contributed by atoms with Crippen molar-refractivity contribution in [3.63, 3.8) is 0 Å². The monoisotopic (exact) mass is 344 g/mol. The standard InChI is InChI=1S/C14H11F3N2O3S/c1-18-14(20)8-2-4-9(5-3-8)19-23(21,22)11-7-6-10(15)12(16)13(11)17/h2-7,19H,1H3,(H,18,20). The summed E-state index contributed by atoms with van der Waals surface area (Å²) in [5.74, 6) is -5.54. The van der Waals surface area contributed by atoms with Crippen molar-refractivity contribution in [2.24, 2.45) is 0 Å². The molecule has 122 valence electrons. The summed E-state index contributed by atoms with van der Waals surface area (Å²) in [5.41, 5.74) is 0.316. The molecule has 0 aliphatic carbocycles. The zero-order valence-corrected chi connectivity index (χ0v) is 12.5. The van der Waals surface area contributed by atoms with E-state index in [4.69, 9.17) is 0 Å². The Morgan fingerprint density at radius 3 is 2.13 bits per heavy atom. The number of carbonyl (C=O) groups excluding carboxylic acids is 1. The predicted molar refractivity (Wildman–Crippen MR) is 77.0 cm³/mol. The van der Waals surface area contributed by atoms with Crippen LogP contribution in [0.25, 0.3) is 0 Å². The fourth-order valence-corrected chi connectivity index (χ4v) is 2.89. The Morgan fingerprint density at radius 1 is 0.957 bits per heavy atom. The van der Waals surface area contributed by atoms with E-state index in [1.807, 2.05) is 4.72 Å². The number of amides is 1. The number of rotatable bonds is 4. The molecule has 0 radical (unpaired) electrons. The molecule has 0 aliphatic heterocycles. The van der Waals surface area contributed by atoms with Crippen LogP contribution in [0.5, 0.6) is 0 Å². The third-order valence-electron chi connectivity index (χ3n) is 2.92. The first kappa shape index (κ1) is 16.8. The van der Waals surface area contributed by atoms with Gasteiger partial charge in [-0.05, 0) is 36.4 Å². The number of nitrogens with one attached hydrogen (secondary N) is 2. The second kappa shape index (κ2) is 6.29. The van der Waals surface area contributed by atoms with Gasteiger partial charge in [0.25, 0.3) is 15.9 Å². The van der Waals surface area contributed by atoms with Gasteiger partial charge in [0.2, 0.25) is 0 Å². The summed E-state index contributed by atoms with van der Waals surface area (Å²) in [7, 11) is -3.02. The Bertz CT molecular complexity index is 852. The Labute approximate surface area is 130 Å². The van der Waals surface area contributed by atoms with Crippen molar-refractivity contribution in [3.8, 4) is 0 Å². The third-order valence-corrected chi connectivity index (χ3v) is 4.31. The normalized spacial score (nSPS) is 11.1. The van der Waals surface area contributed by atoms with Crippen molar-refractivity contribution in [3.05, 3.63) is 59.4 Å². The summed E-state index contributed by atoms with van der Waals surface area (Å²) < 4.78 is 65.7. The lowest BCUT2D eigenvalue weighted by Crippen LogP contribution is -2.18. The largest absolute Gasteiger partial charge is 0.355 e. The second-order valence-electron chi connectivity index (χ2n) is 4.44. The minimum Gasteiger partial charge on any atom is -0.355 e. The van der Waals surface area contributed by atoms with E-state index in [2.05, 4.69) is 5.32 Å². The van der Waals surface area contributed by atoms with E-state index in [1.165, 1.54) is 31.3 Å². The minimum absolute atomic E-state index is 0.0294. The molecule has 2 aromatic carbocycles. The van der Waals surface area contributed by atoms with Crippen LogP contribution in [-0.4, -0.2) is 21.4 Å². The molecule has 0 bridgehead atoms. The molecule has 2 N–H and O–H groups in total. The number of hydrogen-bond donors (Lipinski definition) is 2. The Kier molecular flexibility index (Phi) is 4.60. The number of halogens is 3. The Balaban J connectivity index is 2.32. The highest BCUT2D eigenvalue weighted by Crippen LogP contribution is 2.22. The van der Waals surface area contributed by atoms with Crippen molar-refractivity contribution in [2.45, 2.75) is 4.90 Å². The Morgan fingerprint density at radius 2 is 1.57 bits per heavy atom. The highest BCUT2D eigenvalue weighted by molar-refractivity contribution is 7.92. The molecule has 0 aliphatic rings. The molecule has 0 saturated carbocycles. The summed E-state index contributed by atoms with van der Waals surface area (Å²) >= 11 is 0. The highest BCUT2D eigenvalue weighted by atomic mass is 32.2. The molecule has 1 amide bonds. The van der Waals surface area contributed by atoms with Gasteiger partial charge >= 0.3 is 0 Å². The summed E-state index contributed by atoms with van der Waals surface area (Å²) in [4.78, 5) is 10.3. The van der Waals surface area contributed by atoms with E-state index in [1.54, 1.807) is 0 Å². The van der Waals surface area contributed by atoms with Crippen LogP contribution in [-0.2, 0) is 10.0 Å². The van der Waals surface area contributed by atoms with Crippen LogP contribution in [0.2, 0.25) is 0 Å². The van der Waals surface area contributed by atoms with E-state index < -0.39 is 32.4 Å². The molecule has 2 aromatic rings. The average molecular weight is 344 g/mol. The first-order valence-corrected chi connectivity index (χ1v) is 7.73. The lowest BCUT2D eigenvalue weighted by Gasteiger charge is -2.10. The molecule has 0 atom stereocenters. The molecule has 0 heterocycles. The number of hydrogen-bond acceptors (Lipinski definition) is 3. The number of carbonyl (C=O) groups is 1. The smallest absolute Gasteiger partial charge is 0.264 e. The molecule has 9 heteroatoms. The summed E-state index contributed by atoms with van der Waals surface area (Å²) in [6, 6.07) is 6.38. The van der Waals surface area contributed by atoms with Crippen molar-refractivity contribution < 1.29 is 26.4 Å². The van der Waals surface area contributed by atoms with Gasteiger partial charge in [-0.2, -0.15) is 0 Å². The van der Waals surface area contributed by atoms with E-state index in [0.717, 1.165) is 0 Å². The van der Waals surface area contributed by atoms with Crippen molar-refractivity contribution >= 4 is 21.6 Å². The van der Waals surface area contributed by atoms with Crippen LogP contribution in [0, 0.1) is 17.5 Å². The lowest BCUT2D eigenvalue weighted by molar-refractivity contribution is 0.0963. The third kappa shape index (κ3) is 3.45. The second-order valence-corrected chi connectivity index (χ2v) is 6.09. The molecule has 0 unspecified atom stereocenters. The number of benzene rings is 2. The zero-order chi connectivity index (χ0) is 17.2.